The summed E-state index contributed by atoms with van der Waals surface area (Å²) >= 11 is 0. The van der Waals surface area contributed by atoms with Gasteiger partial charge in [0.15, 0.2) is 11.6 Å². The number of hydrogen-bond donors (Lipinski definition) is 0. The lowest BCUT2D eigenvalue weighted by atomic mass is 9.64. The molecule has 0 amide bonds. The number of benzene rings is 1. The molecule has 2 nitrogen and oxygen atoms in total. The summed E-state index contributed by atoms with van der Waals surface area (Å²) in [5, 5.41) is 0. The zero-order valence-corrected chi connectivity index (χ0v) is 11.1. The number of carbonyl (C=O) groups is 2. The molecule has 3 aliphatic rings. The monoisotopic (exact) mass is 252 g/mol. The van der Waals surface area contributed by atoms with Crippen LogP contribution in [0.25, 0.3) is 0 Å². The average molecular weight is 252 g/mol. The van der Waals surface area contributed by atoms with Crippen LogP contribution in [0.3, 0.4) is 0 Å². The summed E-state index contributed by atoms with van der Waals surface area (Å²) in [6.07, 6.45) is 3.19. The van der Waals surface area contributed by atoms with Crippen LogP contribution in [-0.2, 0) is 0 Å². The molecule has 0 aliphatic heterocycles. The first-order valence-corrected chi connectivity index (χ1v) is 6.90. The normalized spacial score (nSPS) is 39.1. The minimum absolute atomic E-state index is 0.111. The minimum Gasteiger partial charge on any atom is -0.294 e. The zero-order chi connectivity index (χ0) is 13.4. The van der Waals surface area contributed by atoms with Crippen molar-refractivity contribution < 1.29 is 9.59 Å². The molecule has 0 spiro atoms. The van der Waals surface area contributed by atoms with Crippen LogP contribution >= 0.6 is 0 Å². The number of ketones is 2. The molecular formula is C17H16O2. The summed E-state index contributed by atoms with van der Waals surface area (Å²) in [5.74, 6) is 0.385. The second-order valence-electron chi connectivity index (χ2n) is 6.48. The van der Waals surface area contributed by atoms with Gasteiger partial charge in [-0.3, -0.25) is 9.59 Å². The van der Waals surface area contributed by atoms with E-state index >= 15 is 0 Å². The summed E-state index contributed by atoms with van der Waals surface area (Å²) in [5.41, 5.74) is 2.45. The van der Waals surface area contributed by atoms with Crippen molar-refractivity contribution >= 4 is 11.6 Å². The number of allylic oxidation sites excluding steroid dienone is 2. The first-order valence-electron chi connectivity index (χ1n) is 6.90. The van der Waals surface area contributed by atoms with Gasteiger partial charge in [0.05, 0.1) is 0 Å². The molecule has 19 heavy (non-hydrogen) atoms. The van der Waals surface area contributed by atoms with Gasteiger partial charge in [-0.15, -0.1) is 0 Å². The third kappa shape index (κ3) is 1.17. The fourth-order valence-corrected chi connectivity index (χ4v) is 4.65. The fourth-order valence-electron chi connectivity index (χ4n) is 4.65. The smallest absolute Gasteiger partial charge is 0.168 e. The Morgan fingerprint density at radius 3 is 2.42 bits per heavy atom. The second-order valence-corrected chi connectivity index (χ2v) is 6.48. The maximum absolute atomic E-state index is 12.8. The Labute approximate surface area is 112 Å². The van der Waals surface area contributed by atoms with Crippen LogP contribution in [0.4, 0.5) is 0 Å². The molecule has 2 heteroatoms. The van der Waals surface area contributed by atoms with Crippen molar-refractivity contribution in [3.05, 3.63) is 47.0 Å². The molecule has 0 N–H and O–H groups in total. The van der Waals surface area contributed by atoms with Gasteiger partial charge < -0.3 is 0 Å². The fraction of sp³-hybridized carbons (Fsp3) is 0.412. The van der Waals surface area contributed by atoms with Gasteiger partial charge in [0.25, 0.3) is 0 Å². The van der Waals surface area contributed by atoms with E-state index in [0.717, 1.165) is 6.42 Å². The molecule has 0 aromatic heterocycles. The Balaban J connectivity index is 1.95. The molecule has 1 saturated carbocycles. The highest BCUT2D eigenvalue weighted by Crippen LogP contribution is 2.61. The second kappa shape index (κ2) is 3.24. The SMILES string of the molecule is CC1=CC2(C)CC1C1C(=O)c3ccccc3C(=O)C12. The minimum atomic E-state index is -0.136. The zero-order valence-electron chi connectivity index (χ0n) is 11.1. The van der Waals surface area contributed by atoms with Crippen LogP contribution in [0, 0.1) is 23.2 Å². The van der Waals surface area contributed by atoms with Gasteiger partial charge in [-0.2, -0.15) is 0 Å². The first-order chi connectivity index (χ1) is 9.03. The van der Waals surface area contributed by atoms with Gasteiger partial charge in [-0.25, -0.2) is 0 Å². The van der Waals surface area contributed by atoms with E-state index in [2.05, 4.69) is 19.9 Å². The summed E-state index contributed by atoms with van der Waals surface area (Å²) in [4.78, 5) is 25.5. The van der Waals surface area contributed by atoms with Gasteiger partial charge in [0.2, 0.25) is 0 Å². The average Bonchev–Trinajstić information content (AvgIpc) is 2.85. The third-order valence-electron chi connectivity index (χ3n) is 5.35. The molecule has 1 fully saturated rings. The molecule has 0 radical (unpaired) electrons. The number of rotatable bonds is 0. The Hall–Kier alpha value is -1.70. The van der Waals surface area contributed by atoms with E-state index in [0.29, 0.717) is 11.1 Å². The predicted molar refractivity (Wildman–Crippen MR) is 72.1 cm³/mol. The van der Waals surface area contributed by atoms with E-state index in [1.807, 2.05) is 12.1 Å². The van der Waals surface area contributed by atoms with Crippen molar-refractivity contribution in [1.82, 2.24) is 0 Å². The van der Waals surface area contributed by atoms with Gasteiger partial charge in [0.1, 0.15) is 0 Å². The van der Waals surface area contributed by atoms with Crippen LogP contribution < -0.4 is 0 Å². The van der Waals surface area contributed by atoms with Crippen LogP contribution in [0.15, 0.2) is 35.9 Å². The maximum Gasteiger partial charge on any atom is 0.168 e. The highest BCUT2D eigenvalue weighted by Gasteiger charge is 2.61. The number of carbonyl (C=O) groups excluding carboxylic acids is 2. The molecular weight excluding hydrogens is 236 g/mol. The van der Waals surface area contributed by atoms with Crippen LogP contribution in [-0.4, -0.2) is 11.6 Å². The molecule has 0 saturated heterocycles. The number of Topliss-reactive ketones (excluding diaryl/α,β-unsaturated/α-hetero) is 2. The molecule has 3 aliphatic carbocycles. The lowest BCUT2D eigenvalue weighted by Crippen LogP contribution is -2.42. The van der Waals surface area contributed by atoms with Crippen molar-refractivity contribution in [3.63, 3.8) is 0 Å². The Morgan fingerprint density at radius 2 is 1.74 bits per heavy atom. The Bertz CT molecular complexity index is 655. The highest BCUT2D eigenvalue weighted by molar-refractivity contribution is 6.17. The summed E-state index contributed by atoms with van der Waals surface area (Å²) < 4.78 is 0. The molecule has 4 rings (SSSR count). The van der Waals surface area contributed by atoms with Crippen LogP contribution in [0.2, 0.25) is 0 Å². The molecule has 4 atom stereocenters. The van der Waals surface area contributed by atoms with Gasteiger partial charge in [0, 0.05) is 23.0 Å². The molecule has 0 heterocycles. The van der Waals surface area contributed by atoms with Crippen molar-refractivity contribution in [2.75, 3.05) is 0 Å². The summed E-state index contributed by atoms with van der Waals surface area (Å²) in [6.45, 7) is 4.24. The Morgan fingerprint density at radius 1 is 1.11 bits per heavy atom. The third-order valence-corrected chi connectivity index (χ3v) is 5.35. The largest absolute Gasteiger partial charge is 0.294 e. The first kappa shape index (κ1) is 11.2. The van der Waals surface area contributed by atoms with Crippen molar-refractivity contribution in [3.8, 4) is 0 Å². The van der Waals surface area contributed by atoms with Gasteiger partial charge >= 0.3 is 0 Å². The maximum atomic E-state index is 12.8. The predicted octanol–water partition coefficient (Wildman–Crippen LogP) is 3.28. The topological polar surface area (TPSA) is 34.1 Å². The van der Waals surface area contributed by atoms with Gasteiger partial charge in [-0.1, -0.05) is 42.8 Å². The van der Waals surface area contributed by atoms with E-state index < -0.39 is 0 Å². The lowest BCUT2D eigenvalue weighted by molar-refractivity contribution is 0.0672. The van der Waals surface area contributed by atoms with Crippen molar-refractivity contribution in [2.24, 2.45) is 23.2 Å². The standard InChI is InChI=1S/C17H16O2/c1-9-7-17(2)8-12(9)13-14(17)16(19)11-6-4-3-5-10(11)15(13)18/h3-7,12-14H,8H2,1-2H3. The highest BCUT2D eigenvalue weighted by atomic mass is 16.1. The van der Waals surface area contributed by atoms with E-state index in [4.69, 9.17) is 0 Å². The molecule has 1 aromatic carbocycles. The van der Waals surface area contributed by atoms with E-state index in [1.165, 1.54) is 5.57 Å². The summed E-state index contributed by atoms with van der Waals surface area (Å²) in [6, 6.07) is 7.31. The van der Waals surface area contributed by atoms with Crippen molar-refractivity contribution in [2.45, 2.75) is 20.3 Å². The molecule has 1 aromatic rings. The Kier molecular flexibility index (Phi) is 1.90. The van der Waals surface area contributed by atoms with E-state index in [1.54, 1.807) is 12.1 Å². The summed E-state index contributed by atoms with van der Waals surface area (Å²) in [7, 11) is 0. The molecule has 2 bridgehead atoms. The molecule has 96 valence electrons. The van der Waals surface area contributed by atoms with E-state index in [9.17, 15) is 9.59 Å². The number of fused-ring (bicyclic) bond motifs is 6. The lowest BCUT2D eigenvalue weighted by Gasteiger charge is -2.37. The van der Waals surface area contributed by atoms with E-state index in [-0.39, 0.29) is 34.7 Å². The quantitative estimate of drug-likeness (QED) is 0.664. The van der Waals surface area contributed by atoms with Crippen molar-refractivity contribution in [1.29, 1.82) is 0 Å². The number of hydrogen-bond acceptors (Lipinski definition) is 2. The van der Waals surface area contributed by atoms with Gasteiger partial charge in [-0.05, 0) is 24.7 Å². The van der Waals surface area contributed by atoms with Crippen LogP contribution in [0.1, 0.15) is 41.0 Å². The van der Waals surface area contributed by atoms with Crippen LogP contribution in [0.5, 0.6) is 0 Å². The molecule has 4 unspecified atom stereocenters.